The van der Waals surface area contributed by atoms with E-state index in [1.165, 1.54) is 16.3 Å². The molecule has 0 bridgehead atoms. The first-order valence-corrected chi connectivity index (χ1v) is 8.03. The van der Waals surface area contributed by atoms with Gasteiger partial charge in [0.15, 0.2) is 0 Å². The first-order chi connectivity index (χ1) is 11.0. The number of allylic oxidation sites excluding steroid dienone is 1. The molecular weight excluding hydrogens is 282 g/mol. The molecule has 0 aliphatic rings. The van der Waals surface area contributed by atoms with Gasteiger partial charge in [-0.05, 0) is 43.2 Å². The number of nitrogens with one attached hydrogen (secondary N) is 1. The summed E-state index contributed by atoms with van der Waals surface area (Å²) in [6.07, 6.45) is 3.86. The van der Waals surface area contributed by atoms with Gasteiger partial charge in [-0.3, -0.25) is 0 Å². The zero-order chi connectivity index (χ0) is 16.7. The molecule has 120 valence electrons. The first-order valence-electron chi connectivity index (χ1n) is 8.03. The minimum atomic E-state index is -0.339. The Morgan fingerprint density at radius 2 is 1.91 bits per heavy atom. The fraction of sp³-hybridized carbons (Fsp3) is 0.333. The molecule has 0 fully saturated rings. The van der Waals surface area contributed by atoms with Gasteiger partial charge in [0.05, 0.1) is 6.61 Å². The molecule has 0 radical (unpaired) electrons. The van der Waals surface area contributed by atoms with Crippen LogP contribution in [0.3, 0.4) is 0 Å². The monoisotopic (exact) mass is 307 g/mol. The van der Waals surface area contributed by atoms with Crippen molar-refractivity contribution in [3.05, 3.63) is 60.2 Å². The van der Waals surface area contributed by atoms with Crippen LogP contribution in [0.4, 0.5) is 0 Å². The van der Waals surface area contributed by atoms with E-state index in [0.29, 0.717) is 0 Å². The smallest absolute Gasteiger partial charge is 0.0591 e. The SMILES string of the molecule is C[C@@H](NCC=CC#CC(C)(C)CO)c1cccc2ccccc12. The molecule has 0 amide bonds. The van der Waals surface area contributed by atoms with Gasteiger partial charge in [-0.1, -0.05) is 60.4 Å². The van der Waals surface area contributed by atoms with Crippen molar-refractivity contribution < 1.29 is 5.11 Å². The Morgan fingerprint density at radius 3 is 2.70 bits per heavy atom. The fourth-order valence-corrected chi connectivity index (χ4v) is 2.38. The van der Waals surface area contributed by atoms with Gasteiger partial charge in [0.2, 0.25) is 0 Å². The van der Waals surface area contributed by atoms with Gasteiger partial charge < -0.3 is 10.4 Å². The molecule has 2 heteroatoms. The molecule has 2 aromatic carbocycles. The van der Waals surface area contributed by atoms with Gasteiger partial charge in [0, 0.05) is 18.0 Å². The van der Waals surface area contributed by atoms with Crippen molar-refractivity contribution in [1.29, 1.82) is 0 Å². The lowest BCUT2D eigenvalue weighted by Crippen LogP contribution is -2.18. The van der Waals surface area contributed by atoms with Crippen LogP contribution >= 0.6 is 0 Å². The summed E-state index contributed by atoms with van der Waals surface area (Å²) < 4.78 is 0. The summed E-state index contributed by atoms with van der Waals surface area (Å²) in [5, 5.41) is 15.2. The zero-order valence-corrected chi connectivity index (χ0v) is 14.1. The molecule has 1 atom stereocenters. The van der Waals surface area contributed by atoms with Crippen molar-refractivity contribution in [2.24, 2.45) is 5.41 Å². The average Bonchev–Trinajstić information content (AvgIpc) is 2.57. The third-order valence-electron chi connectivity index (χ3n) is 3.84. The van der Waals surface area contributed by atoms with Crippen molar-refractivity contribution in [2.45, 2.75) is 26.8 Å². The standard InChI is InChI=1S/C21H25NO/c1-17(22-15-8-4-7-14-21(2,3)16-23)19-13-9-11-18-10-5-6-12-20(18)19/h4-6,8-13,17,22-23H,15-16H2,1-3H3/t17-/m1/s1. The molecule has 0 spiro atoms. The number of hydrogen-bond acceptors (Lipinski definition) is 2. The molecule has 0 saturated carbocycles. The molecule has 2 N–H and O–H groups in total. The molecule has 0 aliphatic carbocycles. The van der Waals surface area contributed by atoms with E-state index in [9.17, 15) is 0 Å². The third-order valence-corrected chi connectivity index (χ3v) is 3.84. The first kappa shape index (κ1) is 17.3. The van der Waals surface area contributed by atoms with Crippen LogP contribution in [0, 0.1) is 17.3 Å². The lowest BCUT2D eigenvalue weighted by atomic mass is 9.96. The summed E-state index contributed by atoms with van der Waals surface area (Å²) in [5.74, 6) is 6.03. The molecule has 2 nitrogen and oxygen atoms in total. The summed E-state index contributed by atoms with van der Waals surface area (Å²) in [7, 11) is 0. The van der Waals surface area contributed by atoms with Crippen molar-refractivity contribution in [1.82, 2.24) is 5.32 Å². The maximum atomic E-state index is 9.14. The third kappa shape index (κ3) is 4.96. The molecule has 0 aliphatic heterocycles. The molecule has 0 heterocycles. The van der Waals surface area contributed by atoms with E-state index < -0.39 is 0 Å². The topological polar surface area (TPSA) is 32.3 Å². The molecule has 0 aromatic heterocycles. The maximum Gasteiger partial charge on any atom is 0.0591 e. The van der Waals surface area contributed by atoms with Crippen LogP contribution in [0.2, 0.25) is 0 Å². The minimum Gasteiger partial charge on any atom is -0.395 e. The quantitative estimate of drug-likeness (QED) is 0.816. The van der Waals surface area contributed by atoms with Crippen molar-refractivity contribution in [3.63, 3.8) is 0 Å². The van der Waals surface area contributed by atoms with E-state index in [-0.39, 0.29) is 18.1 Å². The Kier molecular flexibility index (Phi) is 5.98. The van der Waals surface area contributed by atoms with Crippen LogP contribution in [0.1, 0.15) is 32.4 Å². The summed E-state index contributed by atoms with van der Waals surface area (Å²) in [6, 6.07) is 15.2. The van der Waals surface area contributed by atoms with Crippen LogP contribution < -0.4 is 5.32 Å². The van der Waals surface area contributed by atoms with Crippen molar-refractivity contribution in [3.8, 4) is 11.8 Å². The predicted molar refractivity (Wildman–Crippen MR) is 98.1 cm³/mol. The second kappa shape index (κ2) is 7.97. The van der Waals surface area contributed by atoms with Crippen LogP contribution in [0.15, 0.2) is 54.6 Å². The fourth-order valence-electron chi connectivity index (χ4n) is 2.38. The number of rotatable bonds is 5. The van der Waals surface area contributed by atoms with Crippen LogP contribution in [-0.4, -0.2) is 18.3 Å². The summed E-state index contributed by atoms with van der Waals surface area (Å²) >= 11 is 0. The van der Waals surface area contributed by atoms with Crippen molar-refractivity contribution >= 4 is 10.8 Å². The molecule has 23 heavy (non-hydrogen) atoms. The van der Waals surface area contributed by atoms with Crippen LogP contribution in [-0.2, 0) is 0 Å². The molecule has 2 rings (SSSR count). The molecule has 2 aromatic rings. The van der Waals surface area contributed by atoms with Crippen molar-refractivity contribution in [2.75, 3.05) is 13.2 Å². The predicted octanol–water partition coefficient (Wildman–Crippen LogP) is 4.07. The molecule has 0 unspecified atom stereocenters. The summed E-state index contributed by atoms with van der Waals surface area (Å²) in [6.45, 7) is 6.86. The maximum absolute atomic E-state index is 9.14. The van der Waals surface area contributed by atoms with Gasteiger partial charge in [-0.15, -0.1) is 0 Å². The summed E-state index contributed by atoms with van der Waals surface area (Å²) in [5.41, 5.74) is 0.970. The lowest BCUT2D eigenvalue weighted by molar-refractivity contribution is 0.207. The highest BCUT2D eigenvalue weighted by atomic mass is 16.3. The number of benzene rings is 2. The van der Waals surface area contributed by atoms with E-state index in [4.69, 9.17) is 5.11 Å². The van der Waals surface area contributed by atoms with Gasteiger partial charge in [0.1, 0.15) is 0 Å². The second-order valence-corrected chi connectivity index (χ2v) is 6.41. The Morgan fingerprint density at radius 1 is 1.17 bits per heavy atom. The Labute approximate surface area is 139 Å². The number of hydrogen-bond donors (Lipinski definition) is 2. The van der Waals surface area contributed by atoms with E-state index in [0.717, 1.165) is 6.54 Å². The van der Waals surface area contributed by atoms with Gasteiger partial charge in [-0.2, -0.15) is 0 Å². The Bertz CT molecular complexity index is 729. The highest BCUT2D eigenvalue weighted by Gasteiger charge is 2.10. The average molecular weight is 307 g/mol. The minimum absolute atomic E-state index is 0.0736. The lowest BCUT2D eigenvalue weighted by Gasteiger charge is -2.15. The Balaban J connectivity index is 1.96. The van der Waals surface area contributed by atoms with Gasteiger partial charge in [0.25, 0.3) is 0 Å². The van der Waals surface area contributed by atoms with E-state index >= 15 is 0 Å². The number of aliphatic hydroxyl groups excluding tert-OH is 1. The normalized spacial score (nSPS) is 13.0. The molecular formula is C21H25NO. The highest BCUT2D eigenvalue weighted by Crippen LogP contribution is 2.23. The highest BCUT2D eigenvalue weighted by molar-refractivity contribution is 5.86. The van der Waals surface area contributed by atoms with Gasteiger partial charge >= 0.3 is 0 Å². The van der Waals surface area contributed by atoms with Gasteiger partial charge in [-0.25, -0.2) is 0 Å². The van der Waals surface area contributed by atoms with Crippen LogP contribution in [0.25, 0.3) is 10.8 Å². The van der Waals surface area contributed by atoms with E-state index in [1.54, 1.807) is 0 Å². The Hall–Kier alpha value is -2.08. The van der Waals surface area contributed by atoms with E-state index in [2.05, 4.69) is 66.5 Å². The zero-order valence-electron chi connectivity index (χ0n) is 14.1. The number of aliphatic hydroxyl groups is 1. The second-order valence-electron chi connectivity index (χ2n) is 6.41. The largest absolute Gasteiger partial charge is 0.395 e. The van der Waals surface area contributed by atoms with E-state index in [1.807, 2.05) is 26.0 Å². The number of fused-ring (bicyclic) bond motifs is 1. The summed E-state index contributed by atoms with van der Waals surface area (Å²) in [4.78, 5) is 0. The molecule has 0 saturated heterocycles. The van der Waals surface area contributed by atoms with Crippen LogP contribution in [0.5, 0.6) is 0 Å².